The third-order valence-corrected chi connectivity index (χ3v) is 7.18. The molecule has 2 aromatic rings. The van der Waals surface area contributed by atoms with Crippen LogP contribution in [0.1, 0.15) is 16.5 Å². The highest BCUT2D eigenvalue weighted by Gasteiger charge is 2.16. The van der Waals surface area contributed by atoms with E-state index in [1.807, 2.05) is 19.2 Å². The summed E-state index contributed by atoms with van der Waals surface area (Å²) < 4.78 is 8.63. The van der Waals surface area contributed by atoms with Crippen molar-refractivity contribution in [3.63, 3.8) is 0 Å². The maximum atomic E-state index is 5.30. The first-order chi connectivity index (χ1) is 9.55. The molecular weight excluding hydrogens is 470 g/mol. The molecule has 108 valence electrons. The van der Waals surface area contributed by atoms with Gasteiger partial charge in [0.1, 0.15) is 5.75 Å². The maximum absolute atomic E-state index is 5.30. The van der Waals surface area contributed by atoms with Crippen molar-refractivity contribution in [1.29, 1.82) is 0 Å². The molecule has 1 N–H and O–H groups in total. The van der Waals surface area contributed by atoms with Gasteiger partial charge in [-0.1, -0.05) is 15.9 Å². The molecule has 2 nitrogen and oxygen atoms in total. The van der Waals surface area contributed by atoms with Crippen LogP contribution in [0, 0.1) is 0 Å². The number of rotatable bonds is 5. The first-order valence-electron chi connectivity index (χ1n) is 5.99. The Labute approximate surface area is 148 Å². The van der Waals surface area contributed by atoms with E-state index in [4.69, 9.17) is 4.74 Å². The zero-order chi connectivity index (χ0) is 14.7. The van der Waals surface area contributed by atoms with E-state index in [0.717, 1.165) is 24.9 Å². The highest BCUT2D eigenvalue weighted by molar-refractivity contribution is 9.13. The molecular formula is C14H14Br3NOS. The SMILES string of the molecule is CNC(Cc1cc(OC)ccc1Br)c1cc(Br)c(Br)s1. The molecule has 0 saturated heterocycles. The summed E-state index contributed by atoms with van der Waals surface area (Å²) in [4.78, 5) is 1.29. The zero-order valence-corrected chi connectivity index (χ0v) is 16.6. The quantitative estimate of drug-likeness (QED) is 0.602. The fourth-order valence-electron chi connectivity index (χ4n) is 1.93. The number of halogens is 3. The van der Waals surface area contributed by atoms with Gasteiger partial charge < -0.3 is 10.1 Å². The number of benzene rings is 1. The van der Waals surface area contributed by atoms with E-state index in [2.05, 4.69) is 65.2 Å². The van der Waals surface area contributed by atoms with Gasteiger partial charge in [-0.3, -0.25) is 0 Å². The van der Waals surface area contributed by atoms with Crippen LogP contribution in [0.2, 0.25) is 0 Å². The summed E-state index contributed by atoms with van der Waals surface area (Å²) in [6, 6.07) is 8.49. The Balaban J connectivity index is 2.26. The molecule has 0 spiro atoms. The number of ether oxygens (including phenoxy) is 1. The Morgan fingerprint density at radius 3 is 2.50 bits per heavy atom. The average Bonchev–Trinajstić information content (AvgIpc) is 2.77. The van der Waals surface area contributed by atoms with Crippen molar-refractivity contribution < 1.29 is 4.74 Å². The molecule has 0 amide bonds. The number of likely N-dealkylation sites (N-methyl/N-ethyl adjacent to an activating group) is 1. The summed E-state index contributed by atoms with van der Waals surface area (Å²) in [6.07, 6.45) is 0.897. The lowest BCUT2D eigenvalue weighted by Crippen LogP contribution is -2.17. The summed E-state index contributed by atoms with van der Waals surface area (Å²) in [5.74, 6) is 0.881. The third-order valence-electron chi connectivity index (χ3n) is 3.03. The minimum atomic E-state index is 0.269. The largest absolute Gasteiger partial charge is 0.497 e. The molecule has 6 heteroatoms. The van der Waals surface area contributed by atoms with Gasteiger partial charge in [0.2, 0.25) is 0 Å². The van der Waals surface area contributed by atoms with Crippen molar-refractivity contribution >= 4 is 59.1 Å². The molecule has 0 aliphatic carbocycles. The molecule has 1 aromatic heterocycles. The lowest BCUT2D eigenvalue weighted by molar-refractivity contribution is 0.414. The molecule has 1 heterocycles. The molecule has 0 saturated carbocycles. The predicted molar refractivity (Wildman–Crippen MR) is 95.9 cm³/mol. The summed E-state index contributed by atoms with van der Waals surface area (Å²) in [6.45, 7) is 0. The number of nitrogens with one attached hydrogen (secondary N) is 1. The average molecular weight is 484 g/mol. The smallest absolute Gasteiger partial charge is 0.119 e. The molecule has 1 atom stereocenters. The van der Waals surface area contributed by atoms with Crippen LogP contribution in [0.15, 0.2) is 37.0 Å². The fraction of sp³-hybridized carbons (Fsp3) is 0.286. The van der Waals surface area contributed by atoms with Crippen molar-refractivity contribution in [1.82, 2.24) is 5.32 Å². The summed E-state index contributed by atoms with van der Waals surface area (Å²) in [7, 11) is 3.68. The lowest BCUT2D eigenvalue weighted by Gasteiger charge is -2.16. The zero-order valence-electron chi connectivity index (χ0n) is 11.0. The summed E-state index contributed by atoms with van der Waals surface area (Å²) >= 11 is 12.4. The van der Waals surface area contributed by atoms with Gasteiger partial charge in [-0.25, -0.2) is 0 Å². The highest BCUT2D eigenvalue weighted by Crippen LogP contribution is 2.37. The lowest BCUT2D eigenvalue weighted by atomic mass is 10.0. The van der Waals surface area contributed by atoms with Gasteiger partial charge in [0.05, 0.1) is 10.9 Å². The topological polar surface area (TPSA) is 21.3 Å². The first kappa shape index (κ1) is 16.5. The number of thiophene rings is 1. The van der Waals surface area contributed by atoms with E-state index in [0.29, 0.717) is 0 Å². The van der Waals surface area contributed by atoms with Gasteiger partial charge in [-0.05, 0) is 75.2 Å². The van der Waals surface area contributed by atoms with Crippen LogP contribution in [0.5, 0.6) is 5.75 Å². The Bertz CT molecular complexity index is 581. The van der Waals surface area contributed by atoms with Crippen LogP contribution in [-0.4, -0.2) is 14.2 Å². The summed E-state index contributed by atoms with van der Waals surface area (Å²) in [5, 5.41) is 3.38. The van der Waals surface area contributed by atoms with Crippen molar-refractivity contribution in [2.75, 3.05) is 14.2 Å². The highest BCUT2D eigenvalue weighted by atomic mass is 79.9. The molecule has 0 aliphatic rings. The van der Waals surface area contributed by atoms with E-state index in [9.17, 15) is 0 Å². The van der Waals surface area contributed by atoms with Crippen LogP contribution in [-0.2, 0) is 6.42 Å². The molecule has 1 aromatic carbocycles. The minimum Gasteiger partial charge on any atom is -0.497 e. The molecule has 1 unspecified atom stereocenters. The van der Waals surface area contributed by atoms with Crippen LogP contribution in [0.3, 0.4) is 0 Å². The van der Waals surface area contributed by atoms with E-state index in [1.54, 1.807) is 18.4 Å². The second-order valence-electron chi connectivity index (χ2n) is 4.27. The molecule has 0 aliphatic heterocycles. The maximum Gasteiger partial charge on any atom is 0.119 e. The Morgan fingerprint density at radius 2 is 1.95 bits per heavy atom. The van der Waals surface area contributed by atoms with Crippen LogP contribution in [0.4, 0.5) is 0 Å². The number of hydrogen-bond acceptors (Lipinski definition) is 3. The number of hydrogen-bond donors (Lipinski definition) is 1. The van der Waals surface area contributed by atoms with Gasteiger partial charge in [0.25, 0.3) is 0 Å². The standard InChI is InChI=1S/C14H14Br3NOS/c1-18-12(13-7-11(16)14(17)20-13)6-8-5-9(19-2)3-4-10(8)15/h3-5,7,12,18H,6H2,1-2H3. The second kappa shape index (κ2) is 7.40. The number of methoxy groups -OCH3 is 1. The van der Waals surface area contributed by atoms with Crippen LogP contribution >= 0.6 is 59.1 Å². The van der Waals surface area contributed by atoms with Crippen molar-refractivity contribution in [2.24, 2.45) is 0 Å². The van der Waals surface area contributed by atoms with Crippen LogP contribution in [0.25, 0.3) is 0 Å². The monoisotopic (exact) mass is 481 g/mol. The minimum absolute atomic E-state index is 0.269. The van der Waals surface area contributed by atoms with Crippen molar-refractivity contribution in [3.8, 4) is 5.75 Å². The third kappa shape index (κ3) is 3.85. The Hall–Kier alpha value is 0.120. The Kier molecular flexibility index (Phi) is 6.10. The van der Waals surface area contributed by atoms with Gasteiger partial charge in [-0.2, -0.15) is 0 Å². The van der Waals surface area contributed by atoms with E-state index in [-0.39, 0.29) is 6.04 Å². The first-order valence-corrected chi connectivity index (χ1v) is 9.19. The van der Waals surface area contributed by atoms with E-state index < -0.39 is 0 Å². The molecule has 0 bridgehead atoms. The van der Waals surface area contributed by atoms with Gasteiger partial charge >= 0.3 is 0 Å². The molecule has 0 fully saturated rings. The van der Waals surface area contributed by atoms with Crippen molar-refractivity contribution in [2.45, 2.75) is 12.5 Å². The van der Waals surface area contributed by atoms with Gasteiger partial charge in [-0.15, -0.1) is 11.3 Å². The van der Waals surface area contributed by atoms with Gasteiger partial charge in [0, 0.05) is 19.9 Å². The normalized spacial score (nSPS) is 12.4. The van der Waals surface area contributed by atoms with Crippen molar-refractivity contribution in [3.05, 3.63) is 47.4 Å². The Morgan fingerprint density at radius 1 is 1.20 bits per heavy atom. The second-order valence-corrected chi connectivity index (χ2v) is 8.38. The molecule has 2 rings (SSSR count). The predicted octanol–water partition coefficient (Wildman–Crippen LogP) is 5.55. The molecule has 0 radical (unpaired) electrons. The summed E-state index contributed by atoms with van der Waals surface area (Å²) in [5.41, 5.74) is 1.23. The van der Waals surface area contributed by atoms with Crippen LogP contribution < -0.4 is 10.1 Å². The van der Waals surface area contributed by atoms with Gasteiger partial charge in [0.15, 0.2) is 0 Å². The van der Waals surface area contributed by atoms with E-state index >= 15 is 0 Å². The van der Waals surface area contributed by atoms with E-state index in [1.165, 1.54) is 10.4 Å². The fourth-order valence-corrected chi connectivity index (χ4v) is 4.54. The molecule has 20 heavy (non-hydrogen) atoms.